The minimum absolute atomic E-state index is 0.627. The van der Waals surface area contributed by atoms with Gasteiger partial charge in [0.15, 0.2) is 17.5 Å². The van der Waals surface area contributed by atoms with Crippen molar-refractivity contribution in [3.05, 3.63) is 194 Å². The quantitative estimate of drug-likeness (QED) is 0.171. The molecule has 0 N–H and O–H groups in total. The highest BCUT2D eigenvalue weighted by Crippen LogP contribution is 2.39. The van der Waals surface area contributed by atoms with Crippen LogP contribution in [0.15, 0.2) is 194 Å². The molecule has 5 heteroatoms. The summed E-state index contributed by atoms with van der Waals surface area (Å²) in [6, 6.07) is 68.6. The maximum absolute atomic E-state index is 5.28. The zero-order valence-corrected chi connectivity index (χ0v) is 31.0. The third-order valence-electron chi connectivity index (χ3n) is 10.7. The Bertz CT molecular complexity index is 3240. The van der Waals surface area contributed by atoms with E-state index in [1.54, 1.807) is 11.3 Å². The molecule has 56 heavy (non-hydrogen) atoms. The maximum Gasteiger partial charge on any atom is 0.164 e. The second-order valence-electron chi connectivity index (χ2n) is 14.0. The smallest absolute Gasteiger partial charge is 0.164 e. The van der Waals surface area contributed by atoms with Gasteiger partial charge in [-0.3, -0.25) is 0 Å². The SMILES string of the molecule is c1ccc(-c2ccc(-c3ccccc3-c3nc(-c4ccc5c(c4)sc4ccccc45)nc(-c4ccc5c6ccccc6n(-c6ccccc6)c5c4)n3)cc2)cc1. The number of aromatic nitrogens is 4. The minimum atomic E-state index is 0.627. The summed E-state index contributed by atoms with van der Waals surface area (Å²) >= 11 is 1.80. The predicted molar refractivity (Wildman–Crippen MR) is 234 cm³/mol. The van der Waals surface area contributed by atoms with Gasteiger partial charge in [0.05, 0.1) is 11.0 Å². The third-order valence-corrected chi connectivity index (χ3v) is 11.8. The first-order valence-corrected chi connectivity index (χ1v) is 19.6. The Labute approximate surface area is 327 Å². The lowest BCUT2D eigenvalue weighted by atomic mass is 9.96. The second-order valence-corrected chi connectivity index (χ2v) is 15.1. The summed E-state index contributed by atoms with van der Waals surface area (Å²) in [6.45, 7) is 0. The lowest BCUT2D eigenvalue weighted by molar-refractivity contribution is 1.07. The first-order valence-electron chi connectivity index (χ1n) is 18.8. The van der Waals surface area contributed by atoms with Crippen LogP contribution < -0.4 is 0 Å². The van der Waals surface area contributed by atoms with Crippen LogP contribution in [0.1, 0.15) is 0 Å². The number of hydrogen-bond donors (Lipinski definition) is 0. The van der Waals surface area contributed by atoms with E-state index in [2.05, 4.69) is 193 Å². The highest BCUT2D eigenvalue weighted by molar-refractivity contribution is 7.25. The standard InChI is InChI=1S/C51H32N4S/c1-3-13-33(14-4-1)34-23-25-35(26-24-34)39-17-7-8-20-44(39)51-53-49(52-50(54-51)37-28-30-43-42-19-10-12-22-47(42)56-48(43)32-37)36-27-29-41-40-18-9-11-21-45(40)55(46(41)31-36)38-15-5-2-6-16-38/h1-32H. The fourth-order valence-electron chi connectivity index (χ4n) is 7.99. The van der Waals surface area contributed by atoms with E-state index < -0.39 is 0 Å². The molecule has 3 aromatic heterocycles. The molecule has 0 aliphatic carbocycles. The van der Waals surface area contributed by atoms with Gasteiger partial charge in [0, 0.05) is 53.3 Å². The number of hydrogen-bond acceptors (Lipinski definition) is 4. The highest BCUT2D eigenvalue weighted by atomic mass is 32.1. The van der Waals surface area contributed by atoms with E-state index in [-0.39, 0.29) is 0 Å². The van der Waals surface area contributed by atoms with Gasteiger partial charge in [-0.05, 0) is 58.7 Å². The van der Waals surface area contributed by atoms with Crippen LogP contribution in [0.25, 0.3) is 104 Å². The van der Waals surface area contributed by atoms with Crippen LogP contribution in [-0.4, -0.2) is 19.5 Å². The lowest BCUT2D eigenvalue weighted by Crippen LogP contribution is -2.01. The first kappa shape index (κ1) is 32.2. The zero-order chi connectivity index (χ0) is 37.0. The molecule has 0 bridgehead atoms. The van der Waals surface area contributed by atoms with Gasteiger partial charge in [-0.1, -0.05) is 158 Å². The Kier molecular flexibility index (Phi) is 7.64. The zero-order valence-electron chi connectivity index (χ0n) is 30.2. The van der Waals surface area contributed by atoms with Crippen molar-refractivity contribution < 1.29 is 0 Å². The van der Waals surface area contributed by atoms with Crippen molar-refractivity contribution in [2.24, 2.45) is 0 Å². The molecule has 0 fully saturated rings. The van der Waals surface area contributed by atoms with Gasteiger partial charge in [0.1, 0.15) is 0 Å². The van der Waals surface area contributed by atoms with Crippen molar-refractivity contribution in [3.8, 4) is 62.1 Å². The fourth-order valence-corrected chi connectivity index (χ4v) is 9.13. The van der Waals surface area contributed by atoms with Crippen LogP contribution in [-0.2, 0) is 0 Å². The van der Waals surface area contributed by atoms with E-state index >= 15 is 0 Å². The van der Waals surface area contributed by atoms with Gasteiger partial charge in [0.25, 0.3) is 0 Å². The van der Waals surface area contributed by atoms with Crippen molar-refractivity contribution in [2.45, 2.75) is 0 Å². The number of benzene rings is 8. The molecule has 8 aromatic carbocycles. The van der Waals surface area contributed by atoms with E-state index in [0.29, 0.717) is 17.5 Å². The summed E-state index contributed by atoms with van der Waals surface area (Å²) in [7, 11) is 0. The summed E-state index contributed by atoms with van der Waals surface area (Å²) in [5, 5.41) is 4.90. The molecule has 11 rings (SSSR count). The highest BCUT2D eigenvalue weighted by Gasteiger charge is 2.19. The molecule has 0 saturated heterocycles. The van der Waals surface area contributed by atoms with Crippen molar-refractivity contribution >= 4 is 53.3 Å². The van der Waals surface area contributed by atoms with Gasteiger partial charge in [0.2, 0.25) is 0 Å². The molecule has 11 aromatic rings. The van der Waals surface area contributed by atoms with Crippen molar-refractivity contribution in [1.82, 2.24) is 19.5 Å². The molecule has 4 nitrogen and oxygen atoms in total. The van der Waals surface area contributed by atoms with Crippen molar-refractivity contribution in [1.29, 1.82) is 0 Å². The number of para-hydroxylation sites is 2. The van der Waals surface area contributed by atoms with E-state index in [4.69, 9.17) is 15.0 Å². The first-order chi connectivity index (χ1) is 27.7. The molecule has 0 radical (unpaired) electrons. The Morgan fingerprint density at radius 1 is 0.321 bits per heavy atom. The predicted octanol–water partition coefficient (Wildman–Crippen LogP) is 13.7. The largest absolute Gasteiger partial charge is 0.309 e. The summed E-state index contributed by atoms with van der Waals surface area (Å²) in [5.74, 6) is 1.90. The average molecular weight is 733 g/mol. The number of rotatable bonds is 6. The minimum Gasteiger partial charge on any atom is -0.309 e. The van der Waals surface area contributed by atoms with Gasteiger partial charge in [-0.25, -0.2) is 15.0 Å². The number of fused-ring (bicyclic) bond motifs is 6. The van der Waals surface area contributed by atoms with Crippen LogP contribution in [0.4, 0.5) is 0 Å². The summed E-state index contributed by atoms with van der Waals surface area (Å²) in [6.07, 6.45) is 0. The Morgan fingerprint density at radius 3 is 1.62 bits per heavy atom. The van der Waals surface area contributed by atoms with E-state index in [1.807, 2.05) is 6.07 Å². The molecule has 0 unspecified atom stereocenters. The topological polar surface area (TPSA) is 43.6 Å². The number of nitrogens with zero attached hydrogens (tertiary/aromatic N) is 4. The van der Waals surface area contributed by atoms with Crippen molar-refractivity contribution in [3.63, 3.8) is 0 Å². The molecular weight excluding hydrogens is 701 g/mol. The monoisotopic (exact) mass is 732 g/mol. The molecule has 0 saturated carbocycles. The Balaban J connectivity index is 1.11. The van der Waals surface area contributed by atoms with Crippen LogP contribution in [0.2, 0.25) is 0 Å². The van der Waals surface area contributed by atoms with Crippen LogP contribution in [0.5, 0.6) is 0 Å². The Morgan fingerprint density at radius 2 is 0.839 bits per heavy atom. The van der Waals surface area contributed by atoms with E-state index in [0.717, 1.165) is 44.5 Å². The summed E-state index contributed by atoms with van der Waals surface area (Å²) < 4.78 is 4.81. The summed E-state index contributed by atoms with van der Waals surface area (Å²) in [4.78, 5) is 15.8. The molecule has 0 spiro atoms. The summed E-state index contributed by atoms with van der Waals surface area (Å²) in [5.41, 5.74) is 10.7. The lowest BCUT2D eigenvalue weighted by Gasteiger charge is -2.13. The molecular formula is C51H32N4S. The molecule has 0 aliphatic rings. The number of thiophene rings is 1. The van der Waals surface area contributed by atoms with E-state index in [9.17, 15) is 0 Å². The molecule has 0 aliphatic heterocycles. The normalized spacial score (nSPS) is 11.6. The van der Waals surface area contributed by atoms with Gasteiger partial charge in [-0.2, -0.15) is 0 Å². The van der Waals surface area contributed by atoms with E-state index in [1.165, 1.54) is 42.1 Å². The molecule has 262 valence electrons. The Hall–Kier alpha value is -7.21. The van der Waals surface area contributed by atoms with Crippen LogP contribution >= 0.6 is 11.3 Å². The molecule has 0 atom stereocenters. The van der Waals surface area contributed by atoms with Gasteiger partial charge in [-0.15, -0.1) is 11.3 Å². The third kappa shape index (κ3) is 5.48. The average Bonchev–Trinajstić information content (AvgIpc) is 3.82. The van der Waals surface area contributed by atoms with Crippen molar-refractivity contribution in [2.75, 3.05) is 0 Å². The van der Waals surface area contributed by atoms with Crippen LogP contribution in [0, 0.1) is 0 Å². The maximum atomic E-state index is 5.28. The van der Waals surface area contributed by atoms with Crippen LogP contribution in [0.3, 0.4) is 0 Å². The van der Waals surface area contributed by atoms with Gasteiger partial charge >= 0.3 is 0 Å². The fraction of sp³-hybridized carbons (Fsp3) is 0. The second kappa shape index (κ2) is 13.3. The molecule has 3 heterocycles. The molecule has 0 amide bonds. The van der Waals surface area contributed by atoms with Gasteiger partial charge < -0.3 is 4.57 Å².